The van der Waals surface area contributed by atoms with Gasteiger partial charge < -0.3 is 15.1 Å². The van der Waals surface area contributed by atoms with Gasteiger partial charge in [-0.05, 0) is 24.5 Å². The molecule has 0 bridgehead atoms. The van der Waals surface area contributed by atoms with E-state index in [0.717, 1.165) is 6.42 Å². The lowest BCUT2D eigenvalue weighted by Gasteiger charge is -2.36. The molecule has 1 aliphatic heterocycles. The zero-order valence-corrected chi connectivity index (χ0v) is 15.1. The molecule has 6 heteroatoms. The van der Waals surface area contributed by atoms with Crippen molar-refractivity contribution in [1.29, 1.82) is 0 Å². The molecule has 2 amide bonds. The van der Waals surface area contributed by atoms with Crippen molar-refractivity contribution in [2.75, 3.05) is 37.6 Å². The van der Waals surface area contributed by atoms with Crippen LogP contribution in [0.25, 0.3) is 0 Å². The fourth-order valence-corrected chi connectivity index (χ4v) is 3.06. The van der Waals surface area contributed by atoms with Gasteiger partial charge in [-0.3, -0.25) is 9.59 Å². The number of carbonyl (C=O) groups excluding carboxylic acids is 2. The van der Waals surface area contributed by atoms with E-state index in [-0.39, 0.29) is 23.5 Å². The summed E-state index contributed by atoms with van der Waals surface area (Å²) in [6, 6.07) is 6.72. The maximum atomic E-state index is 13.9. The van der Waals surface area contributed by atoms with Crippen LogP contribution >= 0.6 is 0 Å². The molecule has 1 aromatic rings. The molecule has 1 aliphatic rings. The van der Waals surface area contributed by atoms with Crippen LogP contribution in [-0.4, -0.2) is 49.4 Å². The Labute approximate surface area is 149 Å². The third kappa shape index (κ3) is 5.73. The van der Waals surface area contributed by atoms with Crippen LogP contribution < -0.4 is 10.2 Å². The Hall–Kier alpha value is -2.11. The number of nitrogens with zero attached hydrogens (tertiary/aromatic N) is 2. The lowest BCUT2D eigenvalue weighted by atomic mass is 10.0. The summed E-state index contributed by atoms with van der Waals surface area (Å²) in [5.41, 5.74) is 0.593. The Morgan fingerprint density at radius 3 is 2.48 bits per heavy atom. The van der Waals surface area contributed by atoms with Crippen molar-refractivity contribution in [1.82, 2.24) is 10.2 Å². The third-order valence-corrected chi connectivity index (χ3v) is 4.45. The van der Waals surface area contributed by atoms with Gasteiger partial charge in [0.25, 0.3) is 0 Å². The van der Waals surface area contributed by atoms with E-state index >= 15 is 0 Å². The zero-order valence-electron chi connectivity index (χ0n) is 15.1. The molecule has 0 radical (unpaired) electrons. The van der Waals surface area contributed by atoms with E-state index in [2.05, 4.69) is 5.32 Å². The topological polar surface area (TPSA) is 52.7 Å². The summed E-state index contributed by atoms with van der Waals surface area (Å²) in [6.45, 7) is 7.03. The zero-order chi connectivity index (χ0) is 18.2. The highest BCUT2D eigenvalue weighted by atomic mass is 19.1. The largest absolute Gasteiger partial charge is 0.366 e. The number of carbonyl (C=O) groups is 2. The Balaban J connectivity index is 1.77. The quantitative estimate of drug-likeness (QED) is 0.822. The van der Waals surface area contributed by atoms with Crippen LogP contribution in [0.3, 0.4) is 0 Å². The number of halogens is 1. The van der Waals surface area contributed by atoms with Gasteiger partial charge in [-0.25, -0.2) is 4.39 Å². The molecule has 1 saturated heterocycles. The number of benzene rings is 1. The Morgan fingerprint density at radius 2 is 1.84 bits per heavy atom. The Bertz CT molecular complexity index is 586. The summed E-state index contributed by atoms with van der Waals surface area (Å²) < 4.78 is 13.9. The van der Waals surface area contributed by atoms with E-state index in [4.69, 9.17) is 0 Å². The summed E-state index contributed by atoms with van der Waals surface area (Å²) in [5, 5.41) is 2.84. The smallest absolute Gasteiger partial charge is 0.222 e. The number of para-hydroxylation sites is 1. The van der Waals surface area contributed by atoms with Crippen LogP contribution in [0.4, 0.5) is 10.1 Å². The molecule has 0 spiro atoms. The molecule has 0 aliphatic carbocycles. The van der Waals surface area contributed by atoms with Crippen LogP contribution in [0.5, 0.6) is 0 Å². The highest BCUT2D eigenvalue weighted by Crippen LogP contribution is 2.20. The average molecular weight is 349 g/mol. The lowest BCUT2D eigenvalue weighted by Crippen LogP contribution is -2.49. The molecule has 1 heterocycles. The number of piperazine rings is 1. The van der Waals surface area contributed by atoms with Crippen LogP contribution in [0, 0.1) is 11.7 Å². The number of anilines is 1. The van der Waals surface area contributed by atoms with Crippen molar-refractivity contribution >= 4 is 17.5 Å². The molecular formula is C19H28FN3O2. The second-order valence-electron chi connectivity index (χ2n) is 6.68. The van der Waals surface area contributed by atoms with Gasteiger partial charge in [0, 0.05) is 45.6 Å². The van der Waals surface area contributed by atoms with E-state index in [9.17, 15) is 14.0 Å². The van der Waals surface area contributed by atoms with Crippen molar-refractivity contribution in [3.63, 3.8) is 0 Å². The molecular weight excluding hydrogens is 321 g/mol. The molecule has 0 aromatic heterocycles. The van der Waals surface area contributed by atoms with Crippen molar-refractivity contribution in [3.8, 4) is 0 Å². The van der Waals surface area contributed by atoms with Gasteiger partial charge in [0.05, 0.1) is 5.69 Å². The SMILES string of the molecule is CCCNC(=O)C[C@@H](C)CC(=O)N1CCN(c2ccccc2F)CC1. The number of amides is 2. The molecule has 1 N–H and O–H groups in total. The molecule has 1 fully saturated rings. The summed E-state index contributed by atoms with van der Waals surface area (Å²) in [5.74, 6) is -0.126. The van der Waals surface area contributed by atoms with Gasteiger partial charge in [0.2, 0.25) is 11.8 Å². The number of hydrogen-bond donors (Lipinski definition) is 1. The monoisotopic (exact) mass is 349 g/mol. The molecule has 0 unspecified atom stereocenters. The maximum Gasteiger partial charge on any atom is 0.222 e. The molecule has 2 rings (SSSR count). The first kappa shape index (κ1) is 19.2. The first-order valence-corrected chi connectivity index (χ1v) is 9.05. The van der Waals surface area contributed by atoms with E-state index in [0.29, 0.717) is 51.3 Å². The summed E-state index contributed by atoms with van der Waals surface area (Å²) in [6.07, 6.45) is 1.66. The molecule has 0 saturated carbocycles. The molecule has 25 heavy (non-hydrogen) atoms. The predicted octanol–water partition coefficient (Wildman–Crippen LogP) is 2.42. The van der Waals surface area contributed by atoms with Gasteiger partial charge in [-0.2, -0.15) is 0 Å². The number of nitrogens with one attached hydrogen (secondary N) is 1. The van der Waals surface area contributed by atoms with Crippen LogP contribution in [0.2, 0.25) is 0 Å². The van der Waals surface area contributed by atoms with Gasteiger partial charge in [-0.15, -0.1) is 0 Å². The maximum absolute atomic E-state index is 13.9. The standard InChI is InChI=1S/C19H28FN3O2/c1-3-8-21-18(24)13-15(2)14-19(25)23-11-9-22(10-12-23)17-7-5-4-6-16(17)20/h4-7,15H,3,8-14H2,1-2H3,(H,21,24)/t15-/m1/s1. The molecule has 1 atom stereocenters. The van der Waals surface area contributed by atoms with Crippen molar-refractivity contribution in [3.05, 3.63) is 30.1 Å². The van der Waals surface area contributed by atoms with E-state index in [1.165, 1.54) is 6.07 Å². The van der Waals surface area contributed by atoms with Crippen molar-refractivity contribution in [2.45, 2.75) is 33.1 Å². The fourth-order valence-electron chi connectivity index (χ4n) is 3.06. The minimum atomic E-state index is -0.228. The van der Waals surface area contributed by atoms with E-state index in [1.54, 1.807) is 12.1 Å². The number of rotatable bonds is 7. The van der Waals surface area contributed by atoms with Crippen molar-refractivity contribution in [2.24, 2.45) is 5.92 Å². The second-order valence-corrected chi connectivity index (χ2v) is 6.68. The normalized spacial score (nSPS) is 15.8. The first-order valence-electron chi connectivity index (χ1n) is 9.05. The molecule has 1 aromatic carbocycles. The summed E-state index contributed by atoms with van der Waals surface area (Å²) in [4.78, 5) is 27.9. The Morgan fingerprint density at radius 1 is 1.16 bits per heavy atom. The third-order valence-electron chi connectivity index (χ3n) is 4.45. The van der Waals surface area contributed by atoms with Crippen LogP contribution in [0.15, 0.2) is 24.3 Å². The Kier molecular flexibility index (Phi) is 7.22. The second kappa shape index (κ2) is 9.39. The molecule has 5 nitrogen and oxygen atoms in total. The minimum absolute atomic E-state index is 0.00604. The van der Waals surface area contributed by atoms with Crippen LogP contribution in [-0.2, 0) is 9.59 Å². The first-order chi connectivity index (χ1) is 12.0. The van der Waals surface area contributed by atoms with Crippen molar-refractivity contribution < 1.29 is 14.0 Å². The van der Waals surface area contributed by atoms with Crippen LogP contribution in [0.1, 0.15) is 33.1 Å². The highest BCUT2D eigenvalue weighted by molar-refractivity contribution is 5.79. The van der Waals surface area contributed by atoms with E-state index < -0.39 is 0 Å². The van der Waals surface area contributed by atoms with Gasteiger partial charge >= 0.3 is 0 Å². The lowest BCUT2D eigenvalue weighted by molar-refractivity contribution is -0.132. The van der Waals surface area contributed by atoms with Gasteiger partial charge in [0.1, 0.15) is 5.82 Å². The predicted molar refractivity (Wildman–Crippen MR) is 96.9 cm³/mol. The summed E-state index contributed by atoms with van der Waals surface area (Å²) >= 11 is 0. The summed E-state index contributed by atoms with van der Waals surface area (Å²) in [7, 11) is 0. The molecule has 138 valence electrons. The number of hydrogen-bond acceptors (Lipinski definition) is 3. The average Bonchev–Trinajstić information content (AvgIpc) is 2.60. The fraction of sp³-hybridized carbons (Fsp3) is 0.579. The van der Waals surface area contributed by atoms with Gasteiger partial charge in [0.15, 0.2) is 0 Å². The van der Waals surface area contributed by atoms with Gasteiger partial charge in [-0.1, -0.05) is 26.0 Å². The highest BCUT2D eigenvalue weighted by Gasteiger charge is 2.24. The minimum Gasteiger partial charge on any atom is -0.366 e. The van der Waals surface area contributed by atoms with E-state index in [1.807, 2.05) is 29.7 Å².